The molecular formula is C44H23N3O. The van der Waals surface area contributed by atoms with E-state index < -0.39 is 0 Å². The quantitative estimate of drug-likeness (QED) is 0.183. The third-order valence-corrected chi connectivity index (χ3v) is 10.5. The molecule has 0 fully saturated rings. The van der Waals surface area contributed by atoms with Gasteiger partial charge in [0.2, 0.25) is 0 Å². The van der Waals surface area contributed by atoms with E-state index in [1.807, 2.05) is 12.1 Å². The molecule has 3 heterocycles. The number of hydrogen-bond acceptors (Lipinski definition) is 3. The van der Waals surface area contributed by atoms with E-state index in [1.54, 1.807) is 0 Å². The Kier molecular flexibility index (Phi) is 4.44. The lowest BCUT2D eigenvalue weighted by Gasteiger charge is -2.16. The average molecular weight is 610 g/mol. The molecule has 8 aromatic carbocycles. The summed E-state index contributed by atoms with van der Waals surface area (Å²) >= 11 is 0. The molecule has 11 aromatic rings. The summed E-state index contributed by atoms with van der Waals surface area (Å²) in [4.78, 5) is 10.9. The molecule has 0 radical (unpaired) electrons. The van der Waals surface area contributed by atoms with Crippen molar-refractivity contribution in [3.05, 3.63) is 140 Å². The van der Waals surface area contributed by atoms with Gasteiger partial charge >= 0.3 is 0 Å². The van der Waals surface area contributed by atoms with Gasteiger partial charge in [-0.25, -0.2) is 9.97 Å². The summed E-state index contributed by atoms with van der Waals surface area (Å²) < 4.78 is 8.90. The van der Waals surface area contributed by atoms with Gasteiger partial charge in [0.15, 0.2) is 5.82 Å². The minimum Gasteiger partial charge on any atom is -0.456 e. The zero-order valence-corrected chi connectivity index (χ0v) is 25.5. The van der Waals surface area contributed by atoms with Crippen molar-refractivity contribution in [2.75, 3.05) is 0 Å². The van der Waals surface area contributed by atoms with Gasteiger partial charge in [-0.1, -0.05) is 97.1 Å². The summed E-state index contributed by atoms with van der Waals surface area (Å²) in [5.41, 5.74) is 10.1. The summed E-state index contributed by atoms with van der Waals surface area (Å²) in [7, 11) is 0. The number of hydrogen-bond donors (Lipinski definition) is 0. The van der Waals surface area contributed by atoms with E-state index in [2.05, 4.69) is 132 Å². The van der Waals surface area contributed by atoms with Crippen LogP contribution in [0.1, 0.15) is 0 Å². The standard InChI is InChI=1S/C44H23N3O/c1-2-11-26-25(9-1)23-31(28-13-4-3-12-27(26)28)43-44(46-33-17-6-5-16-32(33)45-43)47-34-18-8-15-30-29-14-7-10-24-19-21-36-41(38(24)29)42-37(48-36)22-20-35(47)40(42)39(30)34/h1-23H. The molecule has 4 heteroatoms. The second-order valence-corrected chi connectivity index (χ2v) is 12.9. The predicted molar refractivity (Wildman–Crippen MR) is 198 cm³/mol. The first-order valence-corrected chi connectivity index (χ1v) is 16.3. The van der Waals surface area contributed by atoms with Gasteiger partial charge in [0, 0.05) is 32.5 Å². The molecule has 0 unspecified atom stereocenters. The lowest BCUT2D eigenvalue weighted by molar-refractivity contribution is 0.669. The Morgan fingerprint density at radius 3 is 1.94 bits per heavy atom. The maximum Gasteiger partial charge on any atom is 0.165 e. The van der Waals surface area contributed by atoms with E-state index in [0.29, 0.717) is 0 Å². The van der Waals surface area contributed by atoms with Crippen molar-refractivity contribution in [3.8, 4) is 28.2 Å². The van der Waals surface area contributed by atoms with Gasteiger partial charge in [0.05, 0.1) is 22.1 Å². The van der Waals surface area contributed by atoms with Crippen molar-refractivity contribution in [3.63, 3.8) is 0 Å². The molecule has 0 aliphatic heterocycles. The molecule has 0 saturated heterocycles. The zero-order chi connectivity index (χ0) is 31.1. The van der Waals surface area contributed by atoms with Crippen molar-refractivity contribution < 1.29 is 4.42 Å². The highest BCUT2D eigenvalue weighted by Crippen LogP contribution is 2.51. The SMILES string of the molecule is c1ccc2c(c1)cc(-c1nc3ccccc3nc1-n1c3cccc4c3c3c5c(ccc31)oc1ccc3cccc-4c3c15)c1ccccc12. The van der Waals surface area contributed by atoms with E-state index in [4.69, 9.17) is 14.4 Å². The van der Waals surface area contributed by atoms with Crippen LogP contribution < -0.4 is 0 Å². The van der Waals surface area contributed by atoms with Gasteiger partial charge in [-0.15, -0.1) is 0 Å². The lowest BCUT2D eigenvalue weighted by Crippen LogP contribution is -2.04. The minimum absolute atomic E-state index is 0.817. The molecule has 0 saturated carbocycles. The van der Waals surface area contributed by atoms with Crippen LogP contribution in [0.2, 0.25) is 0 Å². The minimum atomic E-state index is 0.817. The highest BCUT2D eigenvalue weighted by Gasteiger charge is 2.28. The zero-order valence-electron chi connectivity index (χ0n) is 25.5. The Bertz CT molecular complexity index is 3240. The van der Waals surface area contributed by atoms with Gasteiger partial charge in [-0.2, -0.15) is 0 Å². The topological polar surface area (TPSA) is 43.9 Å². The Morgan fingerprint density at radius 1 is 0.417 bits per heavy atom. The summed E-state index contributed by atoms with van der Waals surface area (Å²) in [5.74, 6) is 0.817. The number of para-hydroxylation sites is 2. The van der Waals surface area contributed by atoms with Crippen LogP contribution in [0, 0.1) is 0 Å². The van der Waals surface area contributed by atoms with Crippen molar-refractivity contribution >= 4 is 87.1 Å². The molecule has 3 aromatic heterocycles. The Morgan fingerprint density at radius 2 is 1.06 bits per heavy atom. The summed E-state index contributed by atoms with van der Waals surface area (Å²) in [6, 6.07) is 49.7. The van der Waals surface area contributed by atoms with Crippen LogP contribution in [0.4, 0.5) is 0 Å². The largest absolute Gasteiger partial charge is 0.456 e. The van der Waals surface area contributed by atoms with Crippen LogP contribution >= 0.6 is 0 Å². The van der Waals surface area contributed by atoms with Gasteiger partial charge in [-0.3, -0.25) is 4.57 Å². The highest BCUT2D eigenvalue weighted by atomic mass is 16.3. The van der Waals surface area contributed by atoms with Gasteiger partial charge in [0.25, 0.3) is 0 Å². The predicted octanol–water partition coefficient (Wildman–Crippen LogP) is 11.7. The van der Waals surface area contributed by atoms with Gasteiger partial charge in [0.1, 0.15) is 16.9 Å². The van der Waals surface area contributed by atoms with E-state index in [0.717, 1.165) is 55.7 Å². The van der Waals surface area contributed by atoms with Gasteiger partial charge in [-0.05, 0) is 80.5 Å². The first-order chi connectivity index (χ1) is 23.8. The van der Waals surface area contributed by atoms with E-state index in [9.17, 15) is 0 Å². The fourth-order valence-corrected chi connectivity index (χ4v) is 8.53. The Hall–Kier alpha value is -6.52. The number of nitrogens with zero attached hydrogens (tertiary/aromatic N) is 3. The van der Waals surface area contributed by atoms with Crippen LogP contribution in [0.15, 0.2) is 144 Å². The molecule has 1 aliphatic rings. The Balaban J connectivity index is 1.31. The Labute approximate surface area is 273 Å². The number of aromatic nitrogens is 3. The number of benzene rings is 8. The molecule has 48 heavy (non-hydrogen) atoms. The molecule has 0 bridgehead atoms. The van der Waals surface area contributed by atoms with Crippen molar-refractivity contribution in [2.45, 2.75) is 0 Å². The maximum atomic E-state index is 6.56. The fraction of sp³-hybridized carbons (Fsp3) is 0. The third kappa shape index (κ3) is 2.96. The highest BCUT2D eigenvalue weighted by molar-refractivity contribution is 6.37. The van der Waals surface area contributed by atoms with Crippen molar-refractivity contribution in [1.82, 2.24) is 14.5 Å². The lowest BCUT2D eigenvalue weighted by atomic mass is 9.95. The van der Waals surface area contributed by atoms with Crippen molar-refractivity contribution in [1.29, 1.82) is 0 Å². The fourth-order valence-electron chi connectivity index (χ4n) is 8.53. The van der Waals surface area contributed by atoms with E-state index in [1.165, 1.54) is 59.6 Å². The molecule has 4 nitrogen and oxygen atoms in total. The molecule has 12 rings (SSSR count). The van der Waals surface area contributed by atoms with Crippen molar-refractivity contribution in [2.24, 2.45) is 0 Å². The van der Waals surface area contributed by atoms with E-state index in [-0.39, 0.29) is 0 Å². The molecular weight excluding hydrogens is 587 g/mol. The molecule has 220 valence electrons. The second kappa shape index (κ2) is 8.64. The molecule has 0 amide bonds. The van der Waals surface area contributed by atoms with E-state index >= 15 is 0 Å². The molecule has 0 spiro atoms. The normalized spacial score (nSPS) is 12.6. The second-order valence-electron chi connectivity index (χ2n) is 12.9. The first-order valence-electron chi connectivity index (χ1n) is 16.3. The number of rotatable bonds is 2. The van der Waals surface area contributed by atoms with Gasteiger partial charge < -0.3 is 4.42 Å². The number of fused-ring (bicyclic) bond motifs is 5. The average Bonchev–Trinajstić information content (AvgIpc) is 3.65. The first kappa shape index (κ1) is 24.7. The summed E-state index contributed by atoms with van der Waals surface area (Å²) in [6.45, 7) is 0. The maximum absolute atomic E-state index is 6.56. The monoisotopic (exact) mass is 609 g/mol. The molecule has 1 aliphatic carbocycles. The molecule has 0 atom stereocenters. The van der Waals surface area contributed by atoms with Crippen LogP contribution in [-0.2, 0) is 0 Å². The number of furan rings is 1. The van der Waals surface area contributed by atoms with Crippen LogP contribution in [-0.4, -0.2) is 14.5 Å². The van der Waals surface area contributed by atoms with Crippen LogP contribution in [0.3, 0.4) is 0 Å². The molecule has 0 N–H and O–H groups in total. The smallest absolute Gasteiger partial charge is 0.165 e. The third-order valence-electron chi connectivity index (χ3n) is 10.5. The summed E-state index contributed by atoms with van der Waals surface area (Å²) in [5, 5.41) is 12.0. The van der Waals surface area contributed by atoms with Crippen LogP contribution in [0.25, 0.3) is 115 Å². The summed E-state index contributed by atoms with van der Waals surface area (Å²) in [6.07, 6.45) is 0. The van der Waals surface area contributed by atoms with Crippen LogP contribution in [0.5, 0.6) is 0 Å².